The number of hydrogen-bond acceptors (Lipinski definition) is 8. The Balaban J connectivity index is 1.81. The van der Waals surface area contributed by atoms with Gasteiger partial charge in [0.2, 0.25) is 0 Å². The molecule has 6 aromatic rings. The predicted molar refractivity (Wildman–Crippen MR) is 155 cm³/mol. The third kappa shape index (κ3) is 3.39. The quantitative estimate of drug-likeness (QED) is 0.177. The molecule has 0 aliphatic heterocycles. The Hall–Kier alpha value is -5.24. The molecule has 0 atom stereocenters. The fraction of sp³-hybridized carbons (Fsp3) is 0.125. The summed E-state index contributed by atoms with van der Waals surface area (Å²) in [6.07, 6.45) is 0. The Morgan fingerprint density at radius 3 is 1.10 bits per heavy atom. The van der Waals surface area contributed by atoms with Crippen LogP contribution in [0.5, 0.6) is 46.0 Å². The summed E-state index contributed by atoms with van der Waals surface area (Å²) in [7, 11) is 6.00. The van der Waals surface area contributed by atoms with Crippen LogP contribution in [0.3, 0.4) is 0 Å². The molecule has 0 heterocycles. The van der Waals surface area contributed by atoms with E-state index in [4.69, 9.17) is 18.9 Å². The lowest BCUT2D eigenvalue weighted by Crippen LogP contribution is -1.95. The lowest BCUT2D eigenvalue weighted by molar-refractivity contribution is 0.378. The second-order valence-electron chi connectivity index (χ2n) is 9.35. The molecule has 0 saturated carbocycles. The van der Waals surface area contributed by atoms with Crippen molar-refractivity contribution in [3.8, 4) is 57.1 Å². The summed E-state index contributed by atoms with van der Waals surface area (Å²) in [5, 5.41) is 48.9. The summed E-state index contributed by atoms with van der Waals surface area (Å²) >= 11 is 0. The SMILES string of the molecule is COc1c(O)ccc2c1ccc1c(-c3c(O)cc(OC)c4c3ccc3c(OC)c(O)ccc34)c(O)cc(OC)c12. The van der Waals surface area contributed by atoms with Crippen molar-refractivity contribution in [3.05, 3.63) is 60.7 Å². The highest BCUT2D eigenvalue weighted by atomic mass is 16.5. The number of phenols is 4. The maximum absolute atomic E-state index is 11.4. The summed E-state index contributed by atoms with van der Waals surface area (Å²) in [5.41, 5.74) is 0.778. The van der Waals surface area contributed by atoms with Crippen LogP contribution in [0.1, 0.15) is 0 Å². The van der Waals surface area contributed by atoms with E-state index in [-0.39, 0.29) is 23.0 Å². The Morgan fingerprint density at radius 2 is 0.750 bits per heavy atom. The van der Waals surface area contributed by atoms with E-state index in [1.807, 2.05) is 0 Å². The topological polar surface area (TPSA) is 118 Å². The monoisotopic (exact) mass is 538 g/mol. The van der Waals surface area contributed by atoms with Gasteiger partial charge >= 0.3 is 0 Å². The normalized spacial score (nSPS) is 11.4. The van der Waals surface area contributed by atoms with Gasteiger partial charge in [-0.3, -0.25) is 0 Å². The van der Waals surface area contributed by atoms with Gasteiger partial charge in [0.05, 0.1) is 28.4 Å². The highest BCUT2D eigenvalue weighted by molar-refractivity contribution is 6.23. The van der Waals surface area contributed by atoms with E-state index in [0.29, 0.717) is 66.4 Å². The highest BCUT2D eigenvalue weighted by Gasteiger charge is 2.24. The van der Waals surface area contributed by atoms with Gasteiger partial charge in [0.25, 0.3) is 0 Å². The van der Waals surface area contributed by atoms with Crippen LogP contribution < -0.4 is 18.9 Å². The molecule has 6 rings (SSSR count). The number of ether oxygens (including phenoxy) is 4. The molecule has 0 bridgehead atoms. The third-order valence-corrected chi connectivity index (χ3v) is 7.44. The zero-order valence-corrected chi connectivity index (χ0v) is 22.2. The molecule has 0 aliphatic rings. The van der Waals surface area contributed by atoms with E-state index in [2.05, 4.69) is 0 Å². The molecular formula is C32H26O8. The lowest BCUT2D eigenvalue weighted by Gasteiger charge is -2.20. The molecule has 8 heteroatoms. The fourth-order valence-electron chi connectivity index (χ4n) is 5.77. The number of aromatic hydroxyl groups is 4. The van der Waals surface area contributed by atoms with Crippen molar-refractivity contribution in [1.29, 1.82) is 0 Å². The van der Waals surface area contributed by atoms with Crippen molar-refractivity contribution in [2.45, 2.75) is 0 Å². The fourth-order valence-corrected chi connectivity index (χ4v) is 5.77. The van der Waals surface area contributed by atoms with Crippen LogP contribution in [0.4, 0.5) is 0 Å². The number of methoxy groups -OCH3 is 4. The molecule has 6 aromatic carbocycles. The minimum Gasteiger partial charge on any atom is -0.507 e. The Kier molecular flexibility index (Phi) is 5.76. The number of fused-ring (bicyclic) bond motifs is 6. The van der Waals surface area contributed by atoms with Crippen molar-refractivity contribution < 1.29 is 39.4 Å². The zero-order chi connectivity index (χ0) is 28.3. The lowest BCUT2D eigenvalue weighted by atomic mass is 9.88. The first-order valence-corrected chi connectivity index (χ1v) is 12.4. The van der Waals surface area contributed by atoms with Gasteiger partial charge in [-0.1, -0.05) is 12.1 Å². The Bertz CT molecular complexity index is 1850. The van der Waals surface area contributed by atoms with Gasteiger partial charge < -0.3 is 39.4 Å². The molecule has 0 saturated heterocycles. The standard InChI is InChI=1S/C32H26O8/c1-37-25-13-23(35)29(19-7-5-17-15(27(19)25)9-11-21(33)31(17)39-3)30-20-8-6-18-16(10-12-22(34)32(18)40-4)28(20)26(38-2)14-24(30)36/h5-14,33-36H,1-4H3. The molecule has 0 amide bonds. The van der Waals surface area contributed by atoms with E-state index in [1.165, 1.54) is 40.6 Å². The van der Waals surface area contributed by atoms with Crippen LogP contribution >= 0.6 is 0 Å². The average molecular weight is 539 g/mol. The Morgan fingerprint density at radius 1 is 0.400 bits per heavy atom. The molecular weight excluding hydrogens is 512 g/mol. The van der Waals surface area contributed by atoms with E-state index in [1.54, 1.807) is 48.5 Å². The molecule has 0 unspecified atom stereocenters. The molecule has 202 valence electrons. The summed E-state index contributed by atoms with van der Waals surface area (Å²) in [6, 6.07) is 16.8. The van der Waals surface area contributed by atoms with E-state index < -0.39 is 0 Å². The molecule has 0 aliphatic carbocycles. The van der Waals surface area contributed by atoms with Crippen LogP contribution in [0.25, 0.3) is 54.2 Å². The van der Waals surface area contributed by atoms with E-state index in [0.717, 1.165) is 10.8 Å². The highest BCUT2D eigenvalue weighted by Crippen LogP contribution is 2.53. The molecule has 40 heavy (non-hydrogen) atoms. The van der Waals surface area contributed by atoms with Gasteiger partial charge in [-0.15, -0.1) is 0 Å². The first-order chi connectivity index (χ1) is 19.3. The van der Waals surface area contributed by atoms with Crippen molar-refractivity contribution in [2.75, 3.05) is 28.4 Å². The largest absolute Gasteiger partial charge is 0.507 e. The third-order valence-electron chi connectivity index (χ3n) is 7.44. The maximum Gasteiger partial charge on any atom is 0.168 e. The van der Waals surface area contributed by atoms with Crippen molar-refractivity contribution in [1.82, 2.24) is 0 Å². The van der Waals surface area contributed by atoms with Gasteiger partial charge in [-0.05, 0) is 57.9 Å². The van der Waals surface area contributed by atoms with Gasteiger partial charge in [0.1, 0.15) is 23.0 Å². The van der Waals surface area contributed by atoms with Gasteiger partial charge in [0.15, 0.2) is 23.0 Å². The summed E-state index contributed by atoms with van der Waals surface area (Å²) in [4.78, 5) is 0. The van der Waals surface area contributed by atoms with Crippen LogP contribution in [-0.4, -0.2) is 48.9 Å². The molecule has 0 fully saturated rings. The summed E-state index contributed by atoms with van der Waals surface area (Å²) in [6.45, 7) is 0. The van der Waals surface area contributed by atoms with Gasteiger partial charge in [-0.2, -0.15) is 0 Å². The second-order valence-corrected chi connectivity index (χ2v) is 9.35. The first kappa shape index (κ1) is 25.1. The summed E-state index contributed by atoms with van der Waals surface area (Å²) in [5.74, 6) is 1.27. The maximum atomic E-state index is 11.4. The number of rotatable bonds is 5. The molecule has 0 radical (unpaired) electrons. The number of phenolic OH excluding ortho intramolecular Hbond substituents is 4. The average Bonchev–Trinajstić information content (AvgIpc) is 2.96. The van der Waals surface area contributed by atoms with E-state index >= 15 is 0 Å². The van der Waals surface area contributed by atoms with Gasteiger partial charge in [-0.25, -0.2) is 0 Å². The van der Waals surface area contributed by atoms with Crippen molar-refractivity contribution in [3.63, 3.8) is 0 Å². The summed E-state index contributed by atoms with van der Waals surface area (Å²) < 4.78 is 22.3. The molecule has 0 aromatic heterocycles. The Labute approximate surface area is 228 Å². The number of benzene rings is 6. The minimum atomic E-state index is -0.0976. The van der Waals surface area contributed by atoms with Crippen LogP contribution in [0.2, 0.25) is 0 Å². The molecule has 4 N–H and O–H groups in total. The van der Waals surface area contributed by atoms with Crippen molar-refractivity contribution in [2.24, 2.45) is 0 Å². The zero-order valence-electron chi connectivity index (χ0n) is 22.2. The molecule has 8 nitrogen and oxygen atoms in total. The minimum absolute atomic E-state index is 0.000505. The first-order valence-electron chi connectivity index (χ1n) is 12.4. The van der Waals surface area contributed by atoms with Crippen LogP contribution in [-0.2, 0) is 0 Å². The van der Waals surface area contributed by atoms with E-state index in [9.17, 15) is 20.4 Å². The molecule has 0 spiro atoms. The number of hydrogen-bond donors (Lipinski definition) is 4. The van der Waals surface area contributed by atoms with Crippen LogP contribution in [0.15, 0.2) is 60.7 Å². The second kappa shape index (κ2) is 9.20. The van der Waals surface area contributed by atoms with Gasteiger partial charge in [0, 0.05) is 44.8 Å². The van der Waals surface area contributed by atoms with Crippen molar-refractivity contribution >= 4 is 43.1 Å². The predicted octanol–water partition coefficient (Wildman–Crippen LogP) is 6.82. The smallest absolute Gasteiger partial charge is 0.168 e. The van der Waals surface area contributed by atoms with Crippen LogP contribution in [0, 0.1) is 0 Å².